The molecule has 0 spiro atoms. The quantitative estimate of drug-likeness (QED) is 0.878. The zero-order valence-corrected chi connectivity index (χ0v) is 11.4. The summed E-state index contributed by atoms with van der Waals surface area (Å²) in [6.07, 6.45) is 0.902. The third-order valence-electron chi connectivity index (χ3n) is 2.81. The highest BCUT2D eigenvalue weighted by atomic mass is 35.5. The second-order valence-electron chi connectivity index (χ2n) is 5.15. The van der Waals surface area contributed by atoms with Crippen molar-refractivity contribution in [2.45, 2.75) is 20.3 Å². The van der Waals surface area contributed by atoms with Gasteiger partial charge in [0.15, 0.2) is 0 Å². The predicted molar refractivity (Wildman–Crippen MR) is 72.1 cm³/mol. The Bertz CT molecular complexity index is 380. The summed E-state index contributed by atoms with van der Waals surface area (Å²) in [5.74, 6) is -0.250. The lowest BCUT2D eigenvalue weighted by Crippen LogP contribution is -2.33. The Kier molecular flexibility index (Phi) is 4.78. The molecule has 0 atom stereocenters. The third kappa shape index (κ3) is 4.17. The fraction of sp³-hybridized carbons (Fsp3) is 0.538. The van der Waals surface area contributed by atoms with Crippen molar-refractivity contribution < 1.29 is 4.39 Å². The first kappa shape index (κ1) is 14.3. The van der Waals surface area contributed by atoms with Crippen molar-refractivity contribution in [3.63, 3.8) is 0 Å². The van der Waals surface area contributed by atoms with Crippen molar-refractivity contribution in [1.82, 2.24) is 0 Å². The van der Waals surface area contributed by atoms with E-state index in [1.165, 1.54) is 6.07 Å². The van der Waals surface area contributed by atoms with Gasteiger partial charge in [-0.3, -0.25) is 0 Å². The van der Waals surface area contributed by atoms with Gasteiger partial charge in [-0.05, 0) is 36.6 Å². The molecule has 2 nitrogen and oxygen atoms in total. The van der Waals surface area contributed by atoms with Gasteiger partial charge in [0.1, 0.15) is 5.82 Å². The number of rotatable bonds is 5. The molecule has 1 rings (SSSR count). The molecule has 0 amide bonds. The van der Waals surface area contributed by atoms with E-state index < -0.39 is 0 Å². The van der Waals surface area contributed by atoms with E-state index in [-0.39, 0.29) is 11.2 Å². The maximum Gasteiger partial charge on any atom is 0.146 e. The molecule has 0 saturated carbocycles. The molecule has 0 saturated heterocycles. The molecule has 0 bridgehead atoms. The molecule has 2 N–H and O–H groups in total. The van der Waals surface area contributed by atoms with Crippen molar-refractivity contribution >= 4 is 17.3 Å². The lowest BCUT2D eigenvalue weighted by atomic mass is 9.88. The van der Waals surface area contributed by atoms with Crippen LogP contribution in [0.2, 0.25) is 5.02 Å². The standard InChI is InChI=1S/C13H20ClFN2/c1-13(2,6-7-16)9-17(3)12-8-10(14)4-5-11(12)15/h4-5,8H,6-7,9,16H2,1-3H3. The topological polar surface area (TPSA) is 29.3 Å². The molecule has 0 aromatic heterocycles. The first-order valence-corrected chi connectivity index (χ1v) is 6.10. The van der Waals surface area contributed by atoms with Gasteiger partial charge in [-0.15, -0.1) is 0 Å². The Hall–Kier alpha value is -0.800. The van der Waals surface area contributed by atoms with Crippen molar-refractivity contribution in [3.05, 3.63) is 29.0 Å². The van der Waals surface area contributed by atoms with Gasteiger partial charge < -0.3 is 10.6 Å². The van der Waals surface area contributed by atoms with Gasteiger partial charge >= 0.3 is 0 Å². The molecule has 0 unspecified atom stereocenters. The van der Waals surface area contributed by atoms with E-state index >= 15 is 0 Å². The van der Waals surface area contributed by atoms with Crippen LogP contribution in [-0.4, -0.2) is 20.1 Å². The fourth-order valence-corrected chi connectivity index (χ4v) is 2.14. The second-order valence-corrected chi connectivity index (χ2v) is 5.59. The molecule has 0 aliphatic rings. The molecular formula is C13H20ClFN2. The lowest BCUT2D eigenvalue weighted by Gasteiger charge is -2.31. The Morgan fingerprint density at radius 3 is 2.65 bits per heavy atom. The molecule has 4 heteroatoms. The number of anilines is 1. The number of hydrogen-bond acceptors (Lipinski definition) is 2. The van der Waals surface area contributed by atoms with Crippen molar-refractivity contribution in [1.29, 1.82) is 0 Å². The van der Waals surface area contributed by atoms with Gasteiger partial charge in [-0.25, -0.2) is 4.39 Å². The maximum absolute atomic E-state index is 13.7. The molecular weight excluding hydrogens is 239 g/mol. The van der Waals surface area contributed by atoms with Crippen LogP contribution in [0.4, 0.5) is 10.1 Å². The van der Waals surface area contributed by atoms with Crippen LogP contribution in [-0.2, 0) is 0 Å². The van der Waals surface area contributed by atoms with Crippen LogP contribution in [0.1, 0.15) is 20.3 Å². The summed E-state index contributed by atoms with van der Waals surface area (Å²) in [4.78, 5) is 1.89. The van der Waals surface area contributed by atoms with Gasteiger partial charge in [-0.1, -0.05) is 25.4 Å². The van der Waals surface area contributed by atoms with Crippen LogP contribution in [0.15, 0.2) is 18.2 Å². The van der Waals surface area contributed by atoms with Gasteiger partial charge in [0.2, 0.25) is 0 Å². The van der Waals surface area contributed by atoms with Gasteiger partial charge in [0.05, 0.1) is 5.69 Å². The van der Waals surface area contributed by atoms with Crippen LogP contribution < -0.4 is 10.6 Å². The highest BCUT2D eigenvalue weighted by Crippen LogP contribution is 2.27. The predicted octanol–water partition coefficient (Wildman–Crippen LogP) is 3.29. The zero-order chi connectivity index (χ0) is 13.1. The van der Waals surface area contributed by atoms with E-state index in [9.17, 15) is 4.39 Å². The minimum Gasteiger partial charge on any atom is -0.372 e. The SMILES string of the molecule is CN(CC(C)(C)CCN)c1cc(Cl)ccc1F. The zero-order valence-electron chi connectivity index (χ0n) is 10.6. The maximum atomic E-state index is 13.7. The van der Waals surface area contributed by atoms with E-state index in [2.05, 4.69) is 13.8 Å². The number of benzene rings is 1. The molecule has 0 heterocycles. The van der Waals surface area contributed by atoms with Crippen molar-refractivity contribution in [2.24, 2.45) is 11.1 Å². The Morgan fingerprint density at radius 1 is 1.41 bits per heavy atom. The van der Waals surface area contributed by atoms with Gasteiger partial charge in [0.25, 0.3) is 0 Å². The summed E-state index contributed by atoms with van der Waals surface area (Å²) in [5, 5.41) is 0.546. The first-order valence-electron chi connectivity index (χ1n) is 5.72. The summed E-state index contributed by atoms with van der Waals surface area (Å²) in [6.45, 7) is 5.62. The summed E-state index contributed by atoms with van der Waals surface area (Å²) in [7, 11) is 1.87. The highest BCUT2D eigenvalue weighted by Gasteiger charge is 2.20. The average Bonchev–Trinajstić information content (AvgIpc) is 2.20. The second kappa shape index (κ2) is 5.69. The van der Waals surface area contributed by atoms with Crippen LogP contribution >= 0.6 is 11.6 Å². The Labute approximate surface area is 108 Å². The summed E-state index contributed by atoms with van der Waals surface area (Å²) in [6, 6.07) is 4.60. The molecule has 0 aliphatic carbocycles. The highest BCUT2D eigenvalue weighted by molar-refractivity contribution is 6.30. The van der Waals surface area contributed by atoms with Gasteiger partial charge in [-0.2, -0.15) is 0 Å². The number of nitrogens with zero attached hydrogens (tertiary/aromatic N) is 1. The summed E-state index contributed by atoms with van der Waals surface area (Å²) >= 11 is 5.88. The molecule has 96 valence electrons. The van der Waals surface area contributed by atoms with Crippen LogP contribution in [0.5, 0.6) is 0 Å². The normalized spacial score (nSPS) is 11.6. The van der Waals surface area contributed by atoms with E-state index in [1.807, 2.05) is 11.9 Å². The van der Waals surface area contributed by atoms with E-state index in [1.54, 1.807) is 12.1 Å². The monoisotopic (exact) mass is 258 g/mol. The number of hydrogen-bond donors (Lipinski definition) is 1. The smallest absolute Gasteiger partial charge is 0.146 e. The average molecular weight is 259 g/mol. The number of nitrogens with two attached hydrogens (primary N) is 1. The first-order chi connectivity index (χ1) is 7.85. The molecule has 0 fully saturated rings. The minimum atomic E-state index is -0.250. The molecule has 0 aliphatic heterocycles. The molecule has 1 aromatic carbocycles. The largest absolute Gasteiger partial charge is 0.372 e. The summed E-state index contributed by atoms with van der Waals surface area (Å²) < 4.78 is 13.7. The number of halogens is 2. The van der Waals surface area contributed by atoms with Crippen LogP contribution in [0.25, 0.3) is 0 Å². The van der Waals surface area contributed by atoms with E-state index in [0.29, 0.717) is 17.3 Å². The molecule has 17 heavy (non-hydrogen) atoms. The van der Waals surface area contributed by atoms with E-state index in [4.69, 9.17) is 17.3 Å². The molecule has 0 radical (unpaired) electrons. The van der Waals surface area contributed by atoms with Crippen molar-refractivity contribution in [2.75, 3.05) is 25.0 Å². The van der Waals surface area contributed by atoms with Crippen molar-refractivity contribution in [3.8, 4) is 0 Å². The summed E-state index contributed by atoms with van der Waals surface area (Å²) in [5.41, 5.74) is 6.15. The van der Waals surface area contributed by atoms with E-state index in [0.717, 1.165) is 13.0 Å². The van der Waals surface area contributed by atoms with Crippen LogP contribution in [0.3, 0.4) is 0 Å². The Morgan fingerprint density at radius 2 is 2.06 bits per heavy atom. The lowest BCUT2D eigenvalue weighted by molar-refractivity contribution is 0.346. The Balaban J connectivity index is 2.82. The van der Waals surface area contributed by atoms with Crippen LogP contribution in [0, 0.1) is 11.2 Å². The van der Waals surface area contributed by atoms with Gasteiger partial charge in [0, 0.05) is 18.6 Å². The fourth-order valence-electron chi connectivity index (χ4n) is 1.98. The minimum absolute atomic E-state index is 0.0538. The third-order valence-corrected chi connectivity index (χ3v) is 3.04. The molecule has 1 aromatic rings.